The van der Waals surface area contributed by atoms with Gasteiger partial charge in [0.25, 0.3) is 0 Å². The summed E-state index contributed by atoms with van der Waals surface area (Å²) in [6.07, 6.45) is 3.31. The molecule has 1 saturated heterocycles. The SMILES string of the molecule is CCN1CCN(S(=O)(=O)c2cccc(F)c2C#N)CC1c1ncc[nH]1. The first kappa shape index (κ1) is 17.5. The van der Waals surface area contributed by atoms with Crippen LogP contribution in [0.2, 0.25) is 0 Å². The molecular formula is C16H18FN5O2S. The van der Waals surface area contributed by atoms with Crippen LogP contribution in [0.25, 0.3) is 0 Å². The minimum Gasteiger partial charge on any atom is -0.347 e. The number of sulfonamides is 1. The first-order valence-corrected chi connectivity index (χ1v) is 9.35. The van der Waals surface area contributed by atoms with Crippen LogP contribution in [0.15, 0.2) is 35.5 Å². The van der Waals surface area contributed by atoms with Crippen molar-refractivity contribution in [2.75, 3.05) is 26.2 Å². The maximum atomic E-state index is 13.8. The van der Waals surface area contributed by atoms with Gasteiger partial charge < -0.3 is 4.98 Å². The van der Waals surface area contributed by atoms with E-state index in [2.05, 4.69) is 14.9 Å². The Morgan fingerprint density at radius 2 is 2.24 bits per heavy atom. The number of nitrogens with one attached hydrogen (secondary N) is 1. The molecule has 2 heterocycles. The lowest BCUT2D eigenvalue weighted by atomic mass is 10.2. The van der Waals surface area contributed by atoms with E-state index >= 15 is 0 Å². The monoisotopic (exact) mass is 363 g/mol. The van der Waals surface area contributed by atoms with Crippen LogP contribution in [-0.2, 0) is 10.0 Å². The molecule has 1 aliphatic heterocycles. The molecule has 1 aromatic heterocycles. The number of rotatable bonds is 4. The second-order valence-corrected chi connectivity index (χ2v) is 7.61. The van der Waals surface area contributed by atoms with Gasteiger partial charge in [-0.05, 0) is 18.7 Å². The predicted octanol–water partition coefficient (Wildman–Crippen LogP) is 1.49. The van der Waals surface area contributed by atoms with E-state index < -0.39 is 21.4 Å². The molecule has 0 amide bonds. The predicted molar refractivity (Wildman–Crippen MR) is 88.4 cm³/mol. The first-order valence-electron chi connectivity index (χ1n) is 7.91. The molecule has 0 bridgehead atoms. The van der Waals surface area contributed by atoms with Gasteiger partial charge in [0.05, 0.1) is 6.04 Å². The van der Waals surface area contributed by atoms with Gasteiger partial charge >= 0.3 is 0 Å². The summed E-state index contributed by atoms with van der Waals surface area (Å²) in [7, 11) is -3.98. The van der Waals surface area contributed by atoms with Gasteiger partial charge in [-0.15, -0.1) is 0 Å². The topological polar surface area (TPSA) is 93.1 Å². The maximum Gasteiger partial charge on any atom is 0.244 e. The number of halogens is 1. The molecule has 132 valence electrons. The molecule has 1 fully saturated rings. The molecule has 9 heteroatoms. The fourth-order valence-electron chi connectivity index (χ4n) is 3.08. The number of aromatic amines is 1. The van der Waals surface area contributed by atoms with E-state index in [0.717, 1.165) is 12.6 Å². The van der Waals surface area contributed by atoms with Gasteiger partial charge in [-0.3, -0.25) is 4.90 Å². The Bertz CT molecular complexity index is 892. The first-order chi connectivity index (χ1) is 12.0. The Kier molecular flexibility index (Phi) is 4.85. The van der Waals surface area contributed by atoms with Crippen molar-refractivity contribution in [3.63, 3.8) is 0 Å². The van der Waals surface area contributed by atoms with Crippen molar-refractivity contribution in [3.8, 4) is 6.07 Å². The molecule has 1 aliphatic rings. The lowest BCUT2D eigenvalue weighted by Crippen LogP contribution is -2.50. The summed E-state index contributed by atoms with van der Waals surface area (Å²) in [5, 5.41) is 9.15. The molecule has 1 aromatic carbocycles. The third-order valence-electron chi connectivity index (χ3n) is 4.40. The number of hydrogen-bond donors (Lipinski definition) is 1. The van der Waals surface area contributed by atoms with E-state index in [0.29, 0.717) is 12.4 Å². The molecule has 2 aromatic rings. The maximum absolute atomic E-state index is 13.8. The van der Waals surface area contributed by atoms with E-state index in [1.54, 1.807) is 18.5 Å². The summed E-state index contributed by atoms with van der Waals surface area (Å²) in [6.45, 7) is 3.74. The fraction of sp³-hybridized carbons (Fsp3) is 0.375. The van der Waals surface area contributed by atoms with Crippen LogP contribution in [0.4, 0.5) is 4.39 Å². The highest BCUT2D eigenvalue weighted by Crippen LogP contribution is 2.28. The van der Waals surface area contributed by atoms with Crippen molar-refractivity contribution in [1.82, 2.24) is 19.2 Å². The Morgan fingerprint density at radius 3 is 2.88 bits per heavy atom. The van der Waals surface area contributed by atoms with Gasteiger partial charge in [-0.2, -0.15) is 9.57 Å². The second-order valence-electron chi connectivity index (χ2n) is 5.71. The lowest BCUT2D eigenvalue weighted by molar-refractivity contribution is 0.119. The summed E-state index contributed by atoms with van der Waals surface area (Å²) in [5.41, 5.74) is -0.449. The standard InChI is InChI=1S/C16H18FN5O2S/c1-2-21-8-9-22(11-14(21)16-19-6-7-20-16)25(23,24)15-5-3-4-13(17)12(15)10-18/h3-7,14H,2,8-9,11H2,1H3,(H,19,20). The molecule has 1 atom stereocenters. The van der Waals surface area contributed by atoms with Crippen molar-refractivity contribution in [1.29, 1.82) is 5.26 Å². The second kappa shape index (κ2) is 6.92. The summed E-state index contributed by atoms with van der Waals surface area (Å²) in [5.74, 6) is -0.153. The van der Waals surface area contributed by atoms with E-state index in [1.165, 1.54) is 16.4 Å². The van der Waals surface area contributed by atoms with Crippen LogP contribution in [0.1, 0.15) is 24.4 Å². The van der Waals surface area contributed by atoms with Crippen LogP contribution < -0.4 is 0 Å². The van der Waals surface area contributed by atoms with Crippen molar-refractivity contribution in [2.45, 2.75) is 17.9 Å². The fourth-order valence-corrected chi connectivity index (χ4v) is 4.67. The lowest BCUT2D eigenvalue weighted by Gasteiger charge is -2.39. The minimum atomic E-state index is -3.98. The average molecular weight is 363 g/mol. The van der Waals surface area contributed by atoms with Gasteiger partial charge in [0, 0.05) is 32.0 Å². The van der Waals surface area contributed by atoms with Crippen LogP contribution in [0.5, 0.6) is 0 Å². The van der Waals surface area contributed by atoms with Gasteiger partial charge in [0.15, 0.2) is 0 Å². The van der Waals surface area contributed by atoms with Crippen molar-refractivity contribution < 1.29 is 12.8 Å². The van der Waals surface area contributed by atoms with Crippen molar-refractivity contribution in [2.24, 2.45) is 0 Å². The Balaban J connectivity index is 1.96. The Hall–Kier alpha value is -2.28. The van der Waals surface area contributed by atoms with Crippen LogP contribution >= 0.6 is 0 Å². The van der Waals surface area contributed by atoms with E-state index in [-0.39, 0.29) is 24.0 Å². The molecule has 0 aliphatic carbocycles. The quantitative estimate of drug-likeness (QED) is 0.888. The molecule has 1 unspecified atom stereocenters. The van der Waals surface area contributed by atoms with Crippen LogP contribution in [-0.4, -0.2) is 53.8 Å². The number of benzene rings is 1. The molecule has 25 heavy (non-hydrogen) atoms. The minimum absolute atomic E-state index is 0.186. The number of nitriles is 1. The normalized spacial score (nSPS) is 19.6. The van der Waals surface area contributed by atoms with Crippen molar-refractivity contribution in [3.05, 3.63) is 47.8 Å². The number of hydrogen-bond acceptors (Lipinski definition) is 5. The number of nitrogens with zero attached hydrogens (tertiary/aromatic N) is 4. The molecule has 3 rings (SSSR count). The third kappa shape index (κ3) is 3.16. The summed E-state index contributed by atoms with van der Waals surface area (Å²) in [6, 6.07) is 5.09. The highest BCUT2D eigenvalue weighted by molar-refractivity contribution is 7.89. The molecular weight excluding hydrogens is 345 g/mol. The summed E-state index contributed by atoms with van der Waals surface area (Å²) in [4.78, 5) is 9.11. The van der Waals surface area contributed by atoms with Gasteiger partial charge in [0.1, 0.15) is 28.2 Å². The smallest absolute Gasteiger partial charge is 0.244 e. The Labute approximate surface area is 145 Å². The molecule has 7 nitrogen and oxygen atoms in total. The highest BCUT2D eigenvalue weighted by atomic mass is 32.2. The van der Waals surface area contributed by atoms with Gasteiger partial charge in [-0.1, -0.05) is 13.0 Å². The number of likely N-dealkylation sites (N-methyl/N-ethyl adjacent to an activating group) is 1. The molecule has 1 N–H and O–H groups in total. The number of H-pyrrole nitrogens is 1. The Morgan fingerprint density at radius 1 is 1.44 bits per heavy atom. The highest BCUT2D eigenvalue weighted by Gasteiger charge is 2.36. The summed E-state index contributed by atoms with van der Waals surface area (Å²) >= 11 is 0. The van der Waals surface area contributed by atoms with Gasteiger partial charge in [-0.25, -0.2) is 17.8 Å². The summed E-state index contributed by atoms with van der Waals surface area (Å²) < 4.78 is 41.1. The molecule has 0 saturated carbocycles. The number of aromatic nitrogens is 2. The van der Waals surface area contributed by atoms with Crippen molar-refractivity contribution >= 4 is 10.0 Å². The van der Waals surface area contributed by atoms with E-state index in [1.807, 2.05) is 6.92 Å². The third-order valence-corrected chi connectivity index (χ3v) is 6.31. The van der Waals surface area contributed by atoms with E-state index in [4.69, 9.17) is 5.26 Å². The largest absolute Gasteiger partial charge is 0.347 e. The van der Waals surface area contributed by atoms with Gasteiger partial charge in [0.2, 0.25) is 10.0 Å². The number of imidazole rings is 1. The van der Waals surface area contributed by atoms with Crippen LogP contribution in [0.3, 0.4) is 0 Å². The number of piperazine rings is 1. The molecule has 0 spiro atoms. The molecule has 0 radical (unpaired) electrons. The van der Waals surface area contributed by atoms with E-state index in [9.17, 15) is 12.8 Å². The average Bonchev–Trinajstić information content (AvgIpc) is 3.15. The zero-order valence-electron chi connectivity index (χ0n) is 13.7. The van der Waals surface area contributed by atoms with Crippen LogP contribution in [0, 0.1) is 17.1 Å². The zero-order chi connectivity index (χ0) is 18.0. The zero-order valence-corrected chi connectivity index (χ0v) is 14.5.